The Morgan fingerprint density at radius 2 is 1.20 bits per heavy atom. The van der Waals surface area contributed by atoms with Gasteiger partial charge >= 0.3 is 99.2 Å². The van der Waals surface area contributed by atoms with E-state index in [1.165, 1.54) is 93.6 Å². The summed E-state index contributed by atoms with van der Waals surface area (Å²) in [6.07, 6.45) is 14.4. The maximum atomic E-state index is 4.01. The third-order valence-electron chi connectivity index (χ3n) is 10.7. The Kier molecular flexibility index (Phi) is 12.9. The first kappa shape index (κ1) is 41.3. The Morgan fingerprint density at radius 3 is 1.70 bits per heavy atom. The normalized spacial score (nSPS) is 17.1. The van der Waals surface area contributed by atoms with Crippen LogP contribution in [-0.2, 0) is 35.1 Å². The van der Waals surface area contributed by atoms with Crippen molar-refractivity contribution >= 4 is 20.4 Å². The van der Waals surface area contributed by atoms with Crippen molar-refractivity contribution in [1.82, 2.24) is 0 Å². The summed E-state index contributed by atoms with van der Waals surface area (Å²) in [6, 6.07) is 50.2. The first-order valence-corrected chi connectivity index (χ1v) is 19.7. The van der Waals surface area contributed by atoms with Crippen molar-refractivity contribution < 1.29 is 49.0 Å². The van der Waals surface area contributed by atoms with Crippen LogP contribution in [0.25, 0.3) is 17.2 Å². The summed E-state index contributed by atoms with van der Waals surface area (Å²) >= 11 is 1.46. The number of allylic oxidation sites excluding steroid dienone is 8. The van der Waals surface area contributed by atoms with Crippen LogP contribution in [0.1, 0.15) is 75.8 Å². The fraction of sp³-hybridized carbons (Fsp3) is 0.196. The van der Waals surface area contributed by atoms with E-state index in [9.17, 15) is 0 Å². The van der Waals surface area contributed by atoms with Gasteiger partial charge in [0.15, 0.2) is 0 Å². The Morgan fingerprint density at radius 1 is 0.667 bits per heavy atom. The molecule has 54 heavy (non-hydrogen) atoms. The van der Waals surface area contributed by atoms with Crippen LogP contribution in [0, 0.1) is 5.41 Å². The molecular formula is C51H47Cl2Zr-. The van der Waals surface area contributed by atoms with Crippen molar-refractivity contribution in [2.45, 2.75) is 58.8 Å². The van der Waals surface area contributed by atoms with Crippen LogP contribution >= 0.6 is 0 Å². The van der Waals surface area contributed by atoms with Gasteiger partial charge in [0.25, 0.3) is 0 Å². The average molecular weight is 822 g/mol. The molecule has 1 atom stereocenters. The third-order valence-corrected chi connectivity index (χ3v) is 12.1. The second kappa shape index (κ2) is 16.9. The van der Waals surface area contributed by atoms with E-state index in [-0.39, 0.29) is 41.1 Å². The molecule has 5 aromatic carbocycles. The zero-order valence-electron chi connectivity index (χ0n) is 32.1. The van der Waals surface area contributed by atoms with Crippen LogP contribution in [-0.4, -0.2) is 3.21 Å². The third kappa shape index (κ3) is 7.93. The molecule has 0 saturated heterocycles. The van der Waals surface area contributed by atoms with E-state index in [0.29, 0.717) is 0 Å². The number of hydrogen-bond donors (Lipinski definition) is 0. The zero-order chi connectivity index (χ0) is 36.5. The summed E-state index contributed by atoms with van der Waals surface area (Å²) in [6.45, 7) is 14.1. The molecule has 270 valence electrons. The Labute approximate surface area is 350 Å². The predicted molar refractivity (Wildman–Crippen MR) is 218 cm³/mol. The molecule has 0 spiro atoms. The van der Waals surface area contributed by atoms with Gasteiger partial charge in [0, 0.05) is 5.41 Å². The molecule has 0 bridgehead atoms. The van der Waals surface area contributed by atoms with E-state index < -0.39 is 0 Å². The fourth-order valence-corrected chi connectivity index (χ4v) is 8.73. The summed E-state index contributed by atoms with van der Waals surface area (Å²) in [4.78, 5) is 0. The van der Waals surface area contributed by atoms with E-state index in [0.717, 1.165) is 6.42 Å². The molecule has 3 aliphatic carbocycles. The molecule has 0 saturated carbocycles. The van der Waals surface area contributed by atoms with Gasteiger partial charge in [-0.2, -0.15) is 0 Å². The molecule has 0 radical (unpaired) electrons. The van der Waals surface area contributed by atoms with Crippen molar-refractivity contribution in [1.29, 1.82) is 0 Å². The summed E-state index contributed by atoms with van der Waals surface area (Å²) in [5.41, 5.74) is 13.0. The fourth-order valence-electron chi connectivity index (χ4n) is 7.91. The van der Waals surface area contributed by atoms with Crippen LogP contribution in [0.15, 0.2) is 181 Å². The molecule has 5 aromatic rings. The van der Waals surface area contributed by atoms with E-state index in [1.807, 2.05) is 0 Å². The average Bonchev–Trinajstić information content (AvgIpc) is 3.83. The van der Waals surface area contributed by atoms with E-state index in [4.69, 9.17) is 0 Å². The molecule has 0 fully saturated rings. The number of halogens is 2. The van der Waals surface area contributed by atoms with Crippen molar-refractivity contribution in [3.8, 4) is 0 Å². The Bertz CT molecular complexity index is 2330. The summed E-state index contributed by atoms with van der Waals surface area (Å²) in [5, 5.41) is 2.51. The number of hydrogen-bond acceptors (Lipinski definition) is 0. The molecule has 0 N–H and O–H groups in total. The Hall–Kier alpha value is -3.87. The minimum atomic E-state index is -0.321. The van der Waals surface area contributed by atoms with E-state index in [2.05, 4.69) is 211 Å². The van der Waals surface area contributed by atoms with Gasteiger partial charge in [-0.15, -0.1) is 33.7 Å². The van der Waals surface area contributed by atoms with Gasteiger partial charge in [-0.3, -0.25) is 0 Å². The van der Waals surface area contributed by atoms with Crippen molar-refractivity contribution in [3.05, 3.63) is 219 Å². The molecule has 0 nitrogen and oxygen atoms in total. The standard InChI is InChI=1S/C38H37.C13H10.2ClH.Zr/c1-36(2,3)30-21-22-31-28(23-30)24-32-34(31)33(26-15-9-7-10-16-26)25-38(37(4,5)6,29-19-11-8-12-20-29)35(32)27-17-13-14-18-27;1-3-7-12(8-4-1)11-13-9-5-2-6-10-13;;;/h7-17,19-23,25H,18H2,1-6H3;1-10H;2*1H;/q-1;;;;+2/p-2. The summed E-state index contributed by atoms with van der Waals surface area (Å²) in [7, 11) is 0. The van der Waals surface area contributed by atoms with Gasteiger partial charge in [0.1, 0.15) is 0 Å². The Balaban J connectivity index is 0.000000296. The zero-order valence-corrected chi connectivity index (χ0v) is 36.0. The van der Waals surface area contributed by atoms with Gasteiger partial charge in [0.05, 0.1) is 0 Å². The predicted octanol–water partition coefficient (Wildman–Crippen LogP) is 4.88. The van der Waals surface area contributed by atoms with Crippen molar-refractivity contribution in [2.75, 3.05) is 0 Å². The van der Waals surface area contributed by atoms with E-state index >= 15 is 0 Å². The number of benzene rings is 5. The molecule has 0 aromatic heterocycles. The minimum absolute atomic E-state index is 0. The first-order valence-electron chi connectivity index (χ1n) is 18.4. The molecule has 3 heteroatoms. The number of fused-ring (bicyclic) bond motifs is 2. The maximum absolute atomic E-state index is 4.01. The van der Waals surface area contributed by atoms with Gasteiger partial charge in [-0.25, -0.2) is 0 Å². The number of rotatable bonds is 5. The second-order valence-corrected chi connectivity index (χ2v) is 17.3. The SMILES string of the molecule is CC(C)(C)c1ccc2c(c1)=[C-]C1=C(C3=CC=CC3)C(c3ccccc3)(C(C)(C)C)C=C(c3ccccc3)C=21.[Cl-].[Cl-].[Zr+2]=[C](c1ccccc1)c1ccccc1. The quantitative estimate of drug-likeness (QED) is 0.222. The van der Waals surface area contributed by atoms with Crippen LogP contribution in [0.4, 0.5) is 0 Å². The van der Waals surface area contributed by atoms with Gasteiger partial charge in [-0.1, -0.05) is 161 Å². The molecule has 0 aliphatic heterocycles. The van der Waals surface area contributed by atoms with Crippen LogP contribution < -0.4 is 35.3 Å². The molecule has 1 unspecified atom stereocenters. The van der Waals surface area contributed by atoms with Gasteiger partial charge in [0.2, 0.25) is 0 Å². The van der Waals surface area contributed by atoms with Gasteiger partial charge < -0.3 is 24.8 Å². The van der Waals surface area contributed by atoms with Crippen LogP contribution in [0.5, 0.6) is 0 Å². The van der Waals surface area contributed by atoms with Crippen LogP contribution in [0.2, 0.25) is 0 Å². The topological polar surface area (TPSA) is 0 Å². The summed E-state index contributed by atoms with van der Waals surface area (Å²) in [5.74, 6) is 0. The molecule has 8 rings (SSSR count). The second-order valence-electron chi connectivity index (χ2n) is 16.0. The first-order chi connectivity index (χ1) is 25.0. The van der Waals surface area contributed by atoms with Crippen molar-refractivity contribution in [3.63, 3.8) is 0 Å². The van der Waals surface area contributed by atoms with Gasteiger partial charge in [-0.05, 0) is 28.4 Å². The van der Waals surface area contributed by atoms with E-state index in [1.54, 1.807) is 0 Å². The molecule has 3 aliphatic rings. The molecular weight excluding hydrogens is 775 g/mol. The van der Waals surface area contributed by atoms with Crippen LogP contribution in [0.3, 0.4) is 0 Å². The van der Waals surface area contributed by atoms with Crippen molar-refractivity contribution in [2.24, 2.45) is 5.41 Å². The monoisotopic (exact) mass is 819 g/mol. The molecule has 0 amide bonds. The molecule has 0 heterocycles. The summed E-state index contributed by atoms with van der Waals surface area (Å²) < 4.78 is 1.42.